The number of hydrogen-bond acceptors (Lipinski definition) is 5. The molecule has 1 heterocycles. The van der Waals surface area contributed by atoms with Crippen LogP contribution in [0.25, 0.3) is 0 Å². The Bertz CT molecular complexity index is 239. The van der Waals surface area contributed by atoms with Crippen LogP contribution in [-0.4, -0.2) is 49.2 Å². The topological polar surface area (TPSA) is 110 Å². The third-order valence-corrected chi connectivity index (χ3v) is 1.68. The highest BCUT2D eigenvalue weighted by molar-refractivity contribution is 5.01. The standard InChI is InChI=1S/C7H11N2O4/c10-2-5(11)7(13)6(12)4-1-8-3-9-4/h1,5-7,10-13H,2H2,(H,8,9). The van der Waals surface area contributed by atoms with Crippen molar-refractivity contribution in [2.45, 2.75) is 18.3 Å². The van der Waals surface area contributed by atoms with Crippen molar-refractivity contribution in [1.29, 1.82) is 0 Å². The Morgan fingerprint density at radius 2 is 2.15 bits per heavy atom. The Kier molecular flexibility index (Phi) is 3.38. The van der Waals surface area contributed by atoms with Gasteiger partial charge in [0.25, 0.3) is 0 Å². The summed E-state index contributed by atoms with van der Waals surface area (Å²) in [5.41, 5.74) is 0.167. The molecule has 6 heteroatoms. The van der Waals surface area contributed by atoms with Gasteiger partial charge in [-0.25, -0.2) is 4.98 Å². The summed E-state index contributed by atoms with van der Waals surface area (Å²) in [6.07, 6.45) is -0.491. The lowest BCUT2D eigenvalue weighted by Gasteiger charge is -2.19. The molecule has 0 saturated carbocycles. The van der Waals surface area contributed by atoms with Gasteiger partial charge in [-0.2, -0.15) is 0 Å². The Labute approximate surface area is 74.5 Å². The van der Waals surface area contributed by atoms with Gasteiger partial charge in [-0.3, -0.25) is 0 Å². The highest BCUT2D eigenvalue weighted by atomic mass is 16.4. The lowest BCUT2D eigenvalue weighted by Crippen LogP contribution is -2.34. The number of aromatic amines is 1. The Morgan fingerprint density at radius 1 is 1.46 bits per heavy atom. The molecular formula is C7H11N2O4. The molecule has 0 aromatic carbocycles. The number of aliphatic hydroxyl groups is 4. The fraction of sp³-hybridized carbons (Fsp3) is 0.571. The molecule has 73 valence electrons. The lowest BCUT2D eigenvalue weighted by molar-refractivity contribution is -0.0788. The first-order valence-electron chi connectivity index (χ1n) is 3.73. The van der Waals surface area contributed by atoms with E-state index in [9.17, 15) is 10.2 Å². The molecule has 0 amide bonds. The maximum Gasteiger partial charge on any atom is 0.173 e. The van der Waals surface area contributed by atoms with E-state index in [-0.39, 0.29) is 5.69 Å². The largest absolute Gasteiger partial charge is 0.394 e. The van der Waals surface area contributed by atoms with Crippen LogP contribution >= 0.6 is 0 Å². The smallest absolute Gasteiger partial charge is 0.173 e. The predicted molar refractivity (Wildman–Crippen MR) is 41.5 cm³/mol. The third kappa shape index (κ3) is 2.25. The molecule has 13 heavy (non-hydrogen) atoms. The van der Waals surface area contributed by atoms with Gasteiger partial charge >= 0.3 is 0 Å². The minimum Gasteiger partial charge on any atom is -0.394 e. The third-order valence-electron chi connectivity index (χ3n) is 1.68. The Hall–Kier alpha value is -0.950. The molecule has 0 aliphatic rings. The minimum absolute atomic E-state index is 0.167. The number of nitrogens with one attached hydrogen (secondary N) is 1. The van der Waals surface area contributed by atoms with Crippen LogP contribution in [0.4, 0.5) is 0 Å². The average molecular weight is 187 g/mol. The summed E-state index contributed by atoms with van der Waals surface area (Å²) in [5.74, 6) is 0. The van der Waals surface area contributed by atoms with Gasteiger partial charge in [0.1, 0.15) is 18.3 Å². The summed E-state index contributed by atoms with van der Waals surface area (Å²) in [4.78, 5) is 6.04. The second kappa shape index (κ2) is 4.33. The van der Waals surface area contributed by atoms with Gasteiger partial charge in [-0.1, -0.05) is 0 Å². The van der Waals surface area contributed by atoms with Gasteiger partial charge < -0.3 is 25.4 Å². The second-order valence-electron chi connectivity index (χ2n) is 2.62. The molecule has 3 unspecified atom stereocenters. The Balaban J connectivity index is 2.62. The number of rotatable bonds is 4. The summed E-state index contributed by atoms with van der Waals surface area (Å²) in [5, 5.41) is 36.1. The highest BCUT2D eigenvalue weighted by Crippen LogP contribution is 2.15. The Morgan fingerprint density at radius 3 is 2.62 bits per heavy atom. The van der Waals surface area contributed by atoms with E-state index in [2.05, 4.69) is 16.3 Å². The van der Waals surface area contributed by atoms with Gasteiger partial charge in [0, 0.05) is 6.20 Å². The van der Waals surface area contributed by atoms with Crippen LogP contribution in [0.3, 0.4) is 0 Å². The second-order valence-corrected chi connectivity index (χ2v) is 2.62. The molecule has 0 aliphatic carbocycles. The van der Waals surface area contributed by atoms with Crippen molar-refractivity contribution in [3.8, 4) is 0 Å². The summed E-state index contributed by atoms with van der Waals surface area (Å²) >= 11 is 0. The van der Waals surface area contributed by atoms with Gasteiger partial charge in [-0.05, 0) is 0 Å². The molecule has 5 N–H and O–H groups in total. The van der Waals surface area contributed by atoms with Gasteiger partial charge in [0.2, 0.25) is 0 Å². The molecule has 0 fully saturated rings. The molecule has 0 spiro atoms. The zero-order chi connectivity index (χ0) is 9.84. The van der Waals surface area contributed by atoms with Crippen molar-refractivity contribution < 1.29 is 20.4 Å². The first kappa shape index (κ1) is 10.1. The van der Waals surface area contributed by atoms with Crippen LogP contribution in [0.2, 0.25) is 0 Å². The number of hydrogen-bond donors (Lipinski definition) is 5. The zero-order valence-electron chi connectivity index (χ0n) is 6.75. The molecule has 3 atom stereocenters. The summed E-state index contributed by atoms with van der Waals surface area (Å²) in [7, 11) is 0. The molecule has 0 saturated heterocycles. The van der Waals surface area contributed by atoms with E-state index < -0.39 is 24.9 Å². The molecular weight excluding hydrogens is 176 g/mol. The number of imidazole rings is 1. The monoisotopic (exact) mass is 187 g/mol. The van der Waals surface area contributed by atoms with E-state index >= 15 is 0 Å². The van der Waals surface area contributed by atoms with Crippen molar-refractivity contribution in [2.24, 2.45) is 0 Å². The molecule has 1 rings (SSSR count). The van der Waals surface area contributed by atoms with Crippen LogP contribution in [0.1, 0.15) is 11.8 Å². The van der Waals surface area contributed by atoms with Crippen LogP contribution in [0.15, 0.2) is 6.20 Å². The molecule has 1 radical (unpaired) electrons. The fourth-order valence-corrected chi connectivity index (χ4v) is 0.880. The highest BCUT2D eigenvalue weighted by Gasteiger charge is 2.26. The van der Waals surface area contributed by atoms with Gasteiger partial charge in [0.05, 0.1) is 12.3 Å². The van der Waals surface area contributed by atoms with Crippen molar-refractivity contribution >= 4 is 0 Å². The van der Waals surface area contributed by atoms with Crippen molar-refractivity contribution in [1.82, 2.24) is 9.97 Å². The number of H-pyrrole nitrogens is 1. The summed E-state index contributed by atoms with van der Waals surface area (Å²) in [6.45, 7) is -0.619. The normalized spacial score (nSPS) is 18.2. The molecule has 6 nitrogen and oxygen atoms in total. The maximum atomic E-state index is 9.36. The van der Waals surface area contributed by atoms with E-state index in [4.69, 9.17) is 10.2 Å². The molecule has 0 bridgehead atoms. The van der Waals surface area contributed by atoms with Crippen LogP contribution in [-0.2, 0) is 0 Å². The predicted octanol–water partition coefficient (Wildman–Crippen LogP) is -2.04. The van der Waals surface area contributed by atoms with Crippen molar-refractivity contribution in [2.75, 3.05) is 6.61 Å². The lowest BCUT2D eigenvalue weighted by atomic mass is 10.1. The van der Waals surface area contributed by atoms with E-state index in [1.54, 1.807) is 0 Å². The van der Waals surface area contributed by atoms with Crippen molar-refractivity contribution in [3.05, 3.63) is 18.2 Å². The summed E-state index contributed by atoms with van der Waals surface area (Å²) in [6, 6.07) is 0. The van der Waals surface area contributed by atoms with E-state index in [0.29, 0.717) is 0 Å². The van der Waals surface area contributed by atoms with Gasteiger partial charge in [-0.15, -0.1) is 0 Å². The zero-order valence-corrected chi connectivity index (χ0v) is 6.75. The SMILES string of the molecule is OCC(O)C(O)C(O)c1c[nH][c]n1. The maximum absolute atomic E-state index is 9.36. The van der Waals surface area contributed by atoms with Crippen LogP contribution in [0.5, 0.6) is 0 Å². The number of nitrogens with zero attached hydrogens (tertiary/aromatic N) is 1. The molecule has 0 aliphatic heterocycles. The fourth-order valence-electron chi connectivity index (χ4n) is 0.880. The minimum atomic E-state index is -1.46. The van der Waals surface area contributed by atoms with E-state index in [1.165, 1.54) is 6.20 Å². The first-order chi connectivity index (χ1) is 6.16. The molecule has 1 aromatic rings. The molecule has 1 aromatic heterocycles. The average Bonchev–Trinajstić information content (AvgIpc) is 2.67. The van der Waals surface area contributed by atoms with Gasteiger partial charge in [0.15, 0.2) is 6.33 Å². The van der Waals surface area contributed by atoms with E-state index in [1.807, 2.05) is 0 Å². The number of aromatic nitrogens is 2. The van der Waals surface area contributed by atoms with Crippen molar-refractivity contribution in [3.63, 3.8) is 0 Å². The first-order valence-corrected chi connectivity index (χ1v) is 3.73. The van der Waals surface area contributed by atoms with Crippen LogP contribution in [0, 0.1) is 6.33 Å². The van der Waals surface area contributed by atoms with E-state index in [0.717, 1.165) is 0 Å². The number of aliphatic hydroxyl groups excluding tert-OH is 4. The quantitative estimate of drug-likeness (QED) is 0.373. The van der Waals surface area contributed by atoms with Crippen LogP contribution < -0.4 is 0 Å². The summed E-state index contributed by atoms with van der Waals surface area (Å²) < 4.78 is 0.